The van der Waals surface area contributed by atoms with Crippen LogP contribution in [0.3, 0.4) is 0 Å². The van der Waals surface area contributed by atoms with Gasteiger partial charge < -0.3 is 14.8 Å². The highest BCUT2D eigenvalue weighted by atomic mass is 19.1. The average molecular weight is 328 g/mol. The number of hydrogen-bond donors (Lipinski definition) is 1. The first-order valence-electron chi connectivity index (χ1n) is 6.84. The fourth-order valence-electron chi connectivity index (χ4n) is 1.82. The quantitative estimate of drug-likeness (QED) is 0.852. The molecular weight excluding hydrogens is 315 g/mol. The monoisotopic (exact) mass is 328 g/mol. The zero-order valence-electron chi connectivity index (χ0n) is 12.7. The molecule has 0 saturated heterocycles. The molecule has 0 spiro atoms. The van der Waals surface area contributed by atoms with Crippen LogP contribution in [0.2, 0.25) is 0 Å². The number of hydrogen-bond acceptors (Lipinski definition) is 5. The van der Waals surface area contributed by atoms with Crippen molar-refractivity contribution >= 4 is 17.6 Å². The number of esters is 1. The van der Waals surface area contributed by atoms with Gasteiger partial charge in [-0.15, -0.1) is 0 Å². The molecule has 0 aliphatic heterocycles. The van der Waals surface area contributed by atoms with E-state index >= 15 is 0 Å². The Bertz CT molecular complexity index is 797. The van der Waals surface area contributed by atoms with Gasteiger partial charge in [0.05, 0.1) is 24.3 Å². The Morgan fingerprint density at radius 2 is 1.92 bits per heavy atom. The highest BCUT2D eigenvalue weighted by molar-refractivity contribution is 5.95. The van der Waals surface area contributed by atoms with Gasteiger partial charge in [0.15, 0.2) is 6.61 Å². The molecule has 7 heteroatoms. The second-order valence-corrected chi connectivity index (χ2v) is 4.66. The largest absolute Gasteiger partial charge is 0.497 e. The van der Waals surface area contributed by atoms with Gasteiger partial charge in [-0.3, -0.25) is 4.79 Å². The molecule has 122 valence electrons. The molecule has 1 amide bonds. The van der Waals surface area contributed by atoms with E-state index < -0.39 is 24.3 Å². The first-order chi connectivity index (χ1) is 11.5. The van der Waals surface area contributed by atoms with E-state index in [9.17, 15) is 14.0 Å². The van der Waals surface area contributed by atoms with Crippen LogP contribution in [0.25, 0.3) is 0 Å². The van der Waals surface area contributed by atoms with Gasteiger partial charge in [-0.2, -0.15) is 5.26 Å². The maximum Gasteiger partial charge on any atom is 0.341 e. The molecule has 6 nitrogen and oxygen atoms in total. The third-order valence-corrected chi connectivity index (χ3v) is 3.03. The summed E-state index contributed by atoms with van der Waals surface area (Å²) in [5.41, 5.74) is 0.613. The molecule has 0 fully saturated rings. The maximum absolute atomic E-state index is 13.7. The van der Waals surface area contributed by atoms with Crippen molar-refractivity contribution in [2.24, 2.45) is 0 Å². The van der Waals surface area contributed by atoms with Crippen LogP contribution in [0.4, 0.5) is 10.1 Å². The summed E-state index contributed by atoms with van der Waals surface area (Å²) in [6, 6.07) is 11.8. The van der Waals surface area contributed by atoms with Gasteiger partial charge in [0.25, 0.3) is 5.91 Å². The molecule has 0 aliphatic rings. The molecule has 1 N–H and O–H groups in total. The lowest BCUT2D eigenvalue weighted by molar-refractivity contribution is -0.119. The average Bonchev–Trinajstić information content (AvgIpc) is 2.60. The molecule has 2 aromatic carbocycles. The number of methoxy groups -OCH3 is 1. The molecule has 24 heavy (non-hydrogen) atoms. The van der Waals surface area contributed by atoms with Crippen molar-refractivity contribution in [3.05, 3.63) is 59.4 Å². The van der Waals surface area contributed by atoms with E-state index in [0.29, 0.717) is 11.3 Å². The summed E-state index contributed by atoms with van der Waals surface area (Å²) in [6.07, 6.45) is 0. The van der Waals surface area contributed by atoms with E-state index in [2.05, 4.69) is 5.32 Å². The second kappa shape index (κ2) is 7.74. The molecule has 0 heterocycles. The minimum absolute atomic E-state index is 0.266. The molecule has 0 unspecified atom stereocenters. The number of rotatable bonds is 5. The number of anilines is 1. The predicted molar refractivity (Wildman–Crippen MR) is 83.0 cm³/mol. The van der Waals surface area contributed by atoms with Crippen molar-refractivity contribution in [1.29, 1.82) is 5.26 Å². The smallest absolute Gasteiger partial charge is 0.341 e. The lowest BCUT2D eigenvalue weighted by atomic mass is 10.2. The minimum atomic E-state index is -0.954. The van der Waals surface area contributed by atoms with Crippen molar-refractivity contribution in [3.8, 4) is 11.8 Å². The number of nitriles is 1. The highest BCUT2D eigenvalue weighted by Gasteiger charge is 2.15. The number of benzene rings is 2. The Kier molecular flexibility index (Phi) is 5.47. The number of carbonyl (C=O) groups excluding carboxylic acids is 2. The van der Waals surface area contributed by atoms with Crippen LogP contribution in [0.5, 0.6) is 5.75 Å². The maximum atomic E-state index is 13.7. The number of amides is 1. The minimum Gasteiger partial charge on any atom is -0.497 e. The summed E-state index contributed by atoms with van der Waals surface area (Å²) in [5, 5.41) is 11.2. The topological polar surface area (TPSA) is 88.4 Å². The van der Waals surface area contributed by atoms with Crippen molar-refractivity contribution < 1.29 is 23.5 Å². The first kappa shape index (κ1) is 17.0. The lowest BCUT2D eigenvalue weighted by Gasteiger charge is -2.08. The third-order valence-electron chi connectivity index (χ3n) is 3.03. The normalized spacial score (nSPS) is 9.71. The molecule has 0 saturated carbocycles. The van der Waals surface area contributed by atoms with E-state index in [1.54, 1.807) is 12.1 Å². The zero-order valence-corrected chi connectivity index (χ0v) is 12.7. The van der Waals surface area contributed by atoms with Crippen molar-refractivity contribution in [1.82, 2.24) is 0 Å². The Hall–Kier alpha value is -3.40. The van der Waals surface area contributed by atoms with Crippen molar-refractivity contribution in [2.45, 2.75) is 0 Å². The van der Waals surface area contributed by atoms with Gasteiger partial charge >= 0.3 is 5.97 Å². The van der Waals surface area contributed by atoms with Crippen LogP contribution in [0, 0.1) is 17.1 Å². The van der Waals surface area contributed by atoms with Crippen molar-refractivity contribution in [2.75, 3.05) is 19.0 Å². The number of halogens is 1. The summed E-state index contributed by atoms with van der Waals surface area (Å²) in [4.78, 5) is 23.5. The molecule has 2 rings (SSSR count). The summed E-state index contributed by atoms with van der Waals surface area (Å²) in [5.74, 6) is -2.07. The van der Waals surface area contributed by atoms with E-state index in [0.717, 1.165) is 6.07 Å². The van der Waals surface area contributed by atoms with Gasteiger partial charge in [0.2, 0.25) is 0 Å². The summed E-state index contributed by atoms with van der Waals surface area (Å²) < 4.78 is 23.3. The number of carbonyl (C=O) groups is 2. The molecule has 0 aliphatic carbocycles. The predicted octanol–water partition coefficient (Wildman–Crippen LogP) is 2.50. The summed E-state index contributed by atoms with van der Waals surface area (Å²) in [6.45, 7) is -0.565. The zero-order chi connectivity index (χ0) is 17.5. The summed E-state index contributed by atoms with van der Waals surface area (Å²) >= 11 is 0. The standard InChI is InChI=1S/C17H13FN2O4/c1-23-13-6-7-14(15(18)8-13)17(22)24-10-16(21)20-12-4-2-11(9-19)3-5-12/h2-8H,10H2,1H3,(H,20,21). The number of ether oxygens (including phenoxy) is 2. The van der Waals surface area contributed by atoms with Crippen LogP contribution in [0.1, 0.15) is 15.9 Å². The second-order valence-electron chi connectivity index (χ2n) is 4.66. The number of nitrogens with zero attached hydrogens (tertiary/aromatic N) is 1. The van der Waals surface area contributed by atoms with Crippen LogP contribution in [-0.2, 0) is 9.53 Å². The third kappa shape index (κ3) is 4.30. The van der Waals surface area contributed by atoms with E-state index in [1.807, 2.05) is 6.07 Å². The number of nitrogens with one attached hydrogen (secondary N) is 1. The Morgan fingerprint density at radius 3 is 2.50 bits per heavy atom. The molecular formula is C17H13FN2O4. The van der Waals surface area contributed by atoms with Crippen molar-refractivity contribution in [3.63, 3.8) is 0 Å². The van der Waals surface area contributed by atoms with Crippen LogP contribution >= 0.6 is 0 Å². The van der Waals surface area contributed by atoms with Gasteiger partial charge in [-0.05, 0) is 36.4 Å². The van der Waals surface area contributed by atoms with E-state index in [1.165, 1.54) is 31.4 Å². The van der Waals surface area contributed by atoms with Gasteiger partial charge in [0, 0.05) is 11.8 Å². The highest BCUT2D eigenvalue weighted by Crippen LogP contribution is 2.17. The Labute approximate surface area is 137 Å². The molecule has 0 aromatic heterocycles. The molecule has 0 radical (unpaired) electrons. The van der Waals surface area contributed by atoms with Crippen LogP contribution in [-0.4, -0.2) is 25.6 Å². The summed E-state index contributed by atoms with van der Waals surface area (Å²) in [7, 11) is 1.38. The van der Waals surface area contributed by atoms with Gasteiger partial charge in [0.1, 0.15) is 11.6 Å². The van der Waals surface area contributed by atoms with Crippen LogP contribution < -0.4 is 10.1 Å². The molecule has 2 aromatic rings. The van der Waals surface area contributed by atoms with E-state index in [-0.39, 0.29) is 11.3 Å². The Balaban J connectivity index is 1.91. The molecule has 0 atom stereocenters. The van der Waals surface area contributed by atoms with E-state index in [4.69, 9.17) is 14.7 Å². The SMILES string of the molecule is COc1ccc(C(=O)OCC(=O)Nc2ccc(C#N)cc2)c(F)c1. The molecule has 0 bridgehead atoms. The Morgan fingerprint density at radius 1 is 1.21 bits per heavy atom. The lowest BCUT2D eigenvalue weighted by Crippen LogP contribution is -2.21. The van der Waals surface area contributed by atoms with Crippen LogP contribution in [0.15, 0.2) is 42.5 Å². The van der Waals surface area contributed by atoms with Gasteiger partial charge in [-0.25, -0.2) is 9.18 Å². The first-order valence-corrected chi connectivity index (χ1v) is 6.84. The fraction of sp³-hybridized carbons (Fsp3) is 0.118. The van der Waals surface area contributed by atoms with Gasteiger partial charge in [-0.1, -0.05) is 0 Å². The fourth-order valence-corrected chi connectivity index (χ4v) is 1.82.